The summed E-state index contributed by atoms with van der Waals surface area (Å²) in [5.41, 5.74) is 3.86. The van der Waals surface area contributed by atoms with Crippen molar-refractivity contribution >= 4 is 61.9 Å². The normalized spacial score (nSPS) is 11.7. The van der Waals surface area contributed by atoms with Gasteiger partial charge in [-0.25, -0.2) is 0 Å². The molecule has 0 bridgehead atoms. The van der Waals surface area contributed by atoms with E-state index in [1.807, 2.05) is 85.4 Å². The van der Waals surface area contributed by atoms with Crippen LogP contribution in [0, 0.1) is 13.8 Å². The molecule has 142 valence electrons. The predicted octanol–water partition coefficient (Wildman–Crippen LogP) is 6.33. The van der Waals surface area contributed by atoms with Crippen molar-refractivity contribution in [3.05, 3.63) is 93.2 Å². The van der Waals surface area contributed by atoms with E-state index in [0.717, 1.165) is 21.3 Å². The first kappa shape index (κ1) is 20.5. The number of nitrogens with one attached hydrogen (secondary N) is 1. The third-order valence-electron chi connectivity index (χ3n) is 4.29. The van der Waals surface area contributed by atoms with Gasteiger partial charge in [0.05, 0.1) is 0 Å². The second-order valence-electron chi connectivity index (χ2n) is 6.33. The van der Waals surface area contributed by atoms with E-state index in [4.69, 9.17) is 23.8 Å². The Bertz CT molecular complexity index is 1080. The van der Waals surface area contributed by atoms with Gasteiger partial charge in [0.15, 0.2) is 23.1 Å². The fourth-order valence-corrected chi connectivity index (χ4v) is 3.74. The highest BCUT2D eigenvalue weighted by atomic mass is 79.9. The Labute approximate surface area is 183 Å². The summed E-state index contributed by atoms with van der Waals surface area (Å²) < 4.78 is 2.60. The van der Waals surface area contributed by atoms with Gasteiger partial charge in [-0.1, -0.05) is 57.9 Å². The lowest BCUT2D eigenvalue weighted by Crippen LogP contribution is -2.38. The highest BCUT2D eigenvalue weighted by Crippen LogP contribution is 2.27. The Hall–Kier alpha value is -2.21. The van der Waals surface area contributed by atoms with Crippen LogP contribution in [0.1, 0.15) is 16.7 Å². The first-order chi connectivity index (χ1) is 13.4. The number of thiocarbonyl (C=S) groups is 1. The monoisotopic (exact) mass is 473 g/mol. The molecule has 0 aliphatic rings. The molecule has 3 rings (SSSR count). The number of anilines is 1. The van der Waals surface area contributed by atoms with Crippen LogP contribution in [0.4, 0.5) is 5.69 Å². The molecule has 3 aromatic rings. The van der Waals surface area contributed by atoms with Crippen LogP contribution in [0.2, 0.25) is 5.02 Å². The fourth-order valence-electron chi connectivity index (χ4n) is 2.78. The number of halogens is 2. The lowest BCUT2D eigenvalue weighted by Gasteiger charge is -2.13. The van der Waals surface area contributed by atoms with Gasteiger partial charge in [-0.2, -0.15) is 4.57 Å². The summed E-state index contributed by atoms with van der Waals surface area (Å²) in [6.07, 6.45) is 3.77. The van der Waals surface area contributed by atoms with E-state index in [1.165, 1.54) is 0 Å². The van der Waals surface area contributed by atoms with Crippen molar-refractivity contribution in [2.45, 2.75) is 13.8 Å². The Morgan fingerprint density at radius 2 is 1.82 bits per heavy atom. The number of benzene rings is 2. The first-order valence-electron chi connectivity index (χ1n) is 8.61. The molecular formula is C22H19BrClN2OS+. The summed E-state index contributed by atoms with van der Waals surface area (Å²) in [7, 11) is 0. The van der Waals surface area contributed by atoms with E-state index < -0.39 is 0 Å². The third-order valence-corrected chi connectivity index (χ3v) is 5.69. The predicted molar refractivity (Wildman–Crippen MR) is 124 cm³/mol. The summed E-state index contributed by atoms with van der Waals surface area (Å²) in [5, 5.41) is 15.0. The highest BCUT2D eigenvalue weighted by Gasteiger charge is 2.25. The van der Waals surface area contributed by atoms with Gasteiger partial charge < -0.3 is 10.4 Å². The highest BCUT2D eigenvalue weighted by molar-refractivity contribution is 9.10. The molecule has 3 nitrogen and oxygen atoms in total. The van der Waals surface area contributed by atoms with Crippen LogP contribution < -0.4 is 9.88 Å². The molecule has 0 unspecified atom stereocenters. The van der Waals surface area contributed by atoms with Crippen molar-refractivity contribution < 1.29 is 9.67 Å². The average Bonchev–Trinajstić information content (AvgIpc) is 2.66. The number of nitrogens with zero attached hydrogens (tertiary/aromatic N) is 1. The van der Waals surface area contributed by atoms with Crippen LogP contribution in [-0.2, 0) is 0 Å². The topological polar surface area (TPSA) is 36.1 Å². The molecule has 0 radical (unpaired) electrons. The Morgan fingerprint density at radius 1 is 1.07 bits per heavy atom. The van der Waals surface area contributed by atoms with Gasteiger partial charge in [0.2, 0.25) is 0 Å². The molecule has 0 aliphatic heterocycles. The fraction of sp³-hybridized carbons (Fsp3) is 0.0909. The molecular weight excluding hydrogens is 456 g/mol. The first-order valence-corrected chi connectivity index (χ1v) is 10.2. The van der Waals surface area contributed by atoms with Crippen molar-refractivity contribution in [1.29, 1.82) is 0 Å². The van der Waals surface area contributed by atoms with Crippen LogP contribution in [0.25, 0.3) is 11.5 Å². The maximum atomic E-state index is 11.2. The zero-order valence-corrected chi connectivity index (χ0v) is 18.6. The Morgan fingerprint density at radius 3 is 2.54 bits per heavy atom. The summed E-state index contributed by atoms with van der Waals surface area (Å²) >= 11 is 15.4. The standard InChI is InChI=1S/C22H18BrClN2OS/c1-14-7-6-12-26(13-14)20(21(27)16-8-3-4-9-17(16)23)22(28)25-19-11-5-10-18(24)15(19)2/h3-13H,1-2H3,(H-,25,27,28)/p+1. The van der Waals surface area contributed by atoms with Crippen LogP contribution in [0.5, 0.6) is 0 Å². The van der Waals surface area contributed by atoms with Gasteiger partial charge in [-0.3, -0.25) is 0 Å². The van der Waals surface area contributed by atoms with Crippen LogP contribution in [-0.4, -0.2) is 10.1 Å². The number of aliphatic hydroxyl groups is 1. The Balaban J connectivity index is 2.14. The number of hydrogen-bond donors (Lipinski definition) is 2. The third kappa shape index (κ3) is 4.43. The second-order valence-corrected chi connectivity index (χ2v) is 8.00. The number of hydrogen-bond acceptors (Lipinski definition) is 2. The summed E-state index contributed by atoms with van der Waals surface area (Å²) in [6, 6.07) is 17.0. The maximum absolute atomic E-state index is 11.2. The van der Waals surface area contributed by atoms with Gasteiger partial charge in [-0.15, -0.1) is 0 Å². The van der Waals surface area contributed by atoms with Gasteiger partial charge in [-0.05, 0) is 49.7 Å². The quantitative estimate of drug-likeness (QED) is 0.201. The van der Waals surface area contributed by atoms with Crippen molar-refractivity contribution in [3.63, 3.8) is 0 Å². The lowest BCUT2D eigenvalue weighted by molar-refractivity contribution is -0.576. The van der Waals surface area contributed by atoms with Gasteiger partial charge >= 0.3 is 0 Å². The number of rotatable bonds is 4. The van der Waals surface area contributed by atoms with Crippen molar-refractivity contribution in [1.82, 2.24) is 0 Å². The number of aryl methyl sites for hydroxylation is 1. The Kier molecular flexibility index (Phi) is 6.50. The number of aliphatic hydroxyl groups excluding tert-OH is 1. The molecule has 28 heavy (non-hydrogen) atoms. The molecule has 0 fully saturated rings. The second kappa shape index (κ2) is 8.86. The zero-order valence-electron chi connectivity index (χ0n) is 15.4. The number of aromatic nitrogens is 1. The molecule has 0 atom stereocenters. The zero-order chi connectivity index (χ0) is 20.3. The molecule has 2 aromatic carbocycles. The minimum atomic E-state index is 0.0697. The van der Waals surface area contributed by atoms with Crippen LogP contribution >= 0.6 is 39.7 Å². The van der Waals surface area contributed by atoms with Crippen molar-refractivity contribution in [3.8, 4) is 0 Å². The average molecular weight is 475 g/mol. The molecule has 6 heteroatoms. The van der Waals surface area contributed by atoms with Crippen LogP contribution in [0.15, 0.2) is 71.5 Å². The molecule has 0 saturated carbocycles. The van der Waals surface area contributed by atoms with Crippen LogP contribution in [0.3, 0.4) is 0 Å². The van der Waals surface area contributed by atoms with Gasteiger partial charge in [0.1, 0.15) is 0 Å². The molecule has 2 N–H and O–H groups in total. The van der Waals surface area contributed by atoms with E-state index in [1.54, 1.807) is 0 Å². The lowest BCUT2D eigenvalue weighted by atomic mass is 10.1. The molecule has 1 aromatic heterocycles. The summed E-state index contributed by atoms with van der Waals surface area (Å²) in [4.78, 5) is 0.384. The molecule has 0 saturated heterocycles. The van der Waals surface area contributed by atoms with E-state index in [2.05, 4.69) is 21.2 Å². The van der Waals surface area contributed by atoms with E-state index in [0.29, 0.717) is 21.3 Å². The minimum absolute atomic E-state index is 0.0697. The smallest absolute Gasteiger partial charge is 0.288 e. The molecule has 0 aliphatic carbocycles. The SMILES string of the molecule is Cc1ccc[n+](/C(C(=S)Nc2cccc(Cl)c2C)=C(/O)c2ccccc2Br)c1. The van der Waals surface area contributed by atoms with Crippen molar-refractivity contribution in [2.24, 2.45) is 0 Å². The molecule has 0 spiro atoms. The summed E-state index contributed by atoms with van der Waals surface area (Å²) in [6.45, 7) is 3.91. The largest absolute Gasteiger partial charge is 0.502 e. The van der Waals surface area contributed by atoms with Gasteiger partial charge in [0.25, 0.3) is 5.70 Å². The maximum Gasteiger partial charge on any atom is 0.288 e. The van der Waals surface area contributed by atoms with E-state index >= 15 is 0 Å². The van der Waals surface area contributed by atoms with E-state index in [-0.39, 0.29) is 5.76 Å². The minimum Gasteiger partial charge on any atom is -0.502 e. The molecule has 0 amide bonds. The number of pyridine rings is 1. The van der Waals surface area contributed by atoms with Gasteiger partial charge in [0, 0.05) is 32.4 Å². The molecule has 1 heterocycles. The summed E-state index contributed by atoms with van der Waals surface area (Å²) in [5.74, 6) is 0.0697. The van der Waals surface area contributed by atoms with E-state index in [9.17, 15) is 5.11 Å². The van der Waals surface area contributed by atoms with Crippen molar-refractivity contribution in [2.75, 3.05) is 5.32 Å².